The molecule has 2 aromatic rings. The van der Waals surface area contributed by atoms with Crippen LogP contribution in [0.5, 0.6) is 0 Å². The Kier molecular flexibility index (Phi) is 4.98. The largest absolute Gasteiger partial charge is 0.355 e. The molecule has 3 heterocycles. The number of fused-ring (bicyclic) bond motifs is 1. The van der Waals surface area contributed by atoms with Crippen LogP contribution in [0.4, 0.5) is 10.2 Å². The predicted molar refractivity (Wildman–Crippen MR) is 108 cm³/mol. The second kappa shape index (κ2) is 7.46. The molecule has 2 amide bonds. The van der Waals surface area contributed by atoms with Gasteiger partial charge in [-0.25, -0.2) is 9.37 Å². The van der Waals surface area contributed by atoms with Crippen LogP contribution in [-0.4, -0.2) is 60.3 Å². The highest BCUT2D eigenvalue weighted by Crippen LogP contribution is 2.46. The summed E-state index contributed by atoms with van der Waals surface area (Å²) in [6.45, 7) is 3.57. The number of amides is 2. The Balaban J connectivity index is 1.66. The minimum atomic E-state index is -0.298. The second-order valence-corrected chi connectivity index (χ2v) is 8.07. The smallest absolute Gasteiger partial charge is 0.257 e. The Bertz CT molecular complexity index is 948. The number of likely N-dealkylation sites (tertiary alicyclic amines) is 1. The van der Waals surface area contributed by atoms with E-state index in [1.807, 2.05) is 11.0 Å². The number of anilines is 1. The van der Waals surface area contributed by atoms with Crippen molar-refractivity contribution in [3.8, 4) is 0 Å². The van der Waals surface area contributed by atoms with Crippen LogP contribution < -0.4 is 4.90 Å². The van der Waals surface area contributed by atoms with E-state index in [0.717, 1.165) is 5.56 Å². The molecular formula is C22H25FN4O2. The molecule has 29 heavy (non-hydrogen) atoms. The quantitative estimate of drug-likeness (QED) is 0.800. The minimum absolute atomic E-state index is 0.00141. The molecule has 3 atom stereocenters. The van der Waals surface area contributed by atoms with Gasteiger partial charge in [0.05, 0.1) is 11.6 Å². The highest BCUT2D eigenvalue weighted by atomic mass is 19.1. The second-order valence-electron chi connectivity index (χ2n) is 8.07. The lowest BCUT2D eigenvalue weighted by Crippen LogP contribution is -2.35. The highest BCUT2D eigenvalue weighted by Gasteiger charge is 2.49. The molecule has 2 fully saturated rings. The first kappa shape index (κ1) is 19.4. The van der Waals surface area contributed by atoms with Crippen LogP contribution in [0, 0.1) is 17.7 Å². The summed E-state index contributed by atoms with van der Waals surface area (Å²) < 4.78 is 13.9. The van der Waals surface area contributed by atoms with Gasteiger partial charge in [0.1, 0.15) is 11.6 Å². The standard InChI is InChI=1S/C22H25FN4O2/c1-14(28)27-12-16-11-26(21-18(8-5-9-24-21)22(29)25(2)3)13-19(16)20(27)15-6-4-7-17(23)10-15/h4-10,16,19-20H,11-13H2,1-3H3/t16-,19-,20+/m1/s1. The van der Waals surface area contributed by atoms with E-state index in [0.29, 0.717) is 31.0 Å². The van der Waals surface area contributed by atoms with Crippen molar-refractivity contribution in [2.75, 3.05) is 38.6 Å². The molecule has 0 saturated carbocycles. The maximum atomic E-state index is 13.9. The van der Waals surface area contributed by atoms with Crippen molar-refractivity contribution in [2.24, 2.45) is 11.8 Å². The molecule has 0 aliphatic carbocycles. The third-order valence-electron chi connectivity index (χ3n) is 5.98. The van der Waals surface area contributed by atoms with Crippen LogP contribution >= 0.6 is 0 Å². The first-order valence-electron chi connectivity index (χ1n) is 9.81. The number of pyridine rings is 1. The van der Waals surface area contributed by atoms with Gasteiger partial charge in [0.25, 0.3) is 5.91 Å². The van der Waals surface area contributed by atoms with Crippen molar-refractivity contribution < 1.29 is 14.0 Å². The van der Waals surface area contributed by atoms with Crippen LogP contribution in [0.15, 0.2) is 42.6 Å². The molecule has 0 N–H and O–H groups in total. The summed E-state index contributed by atoms with van der Waals surface area (Å²) in [4.78, 5) is 34.9. The van der Waals surface area contributed by atoms with Gasteiger partial charge in [0, 0.05) is 58.7 Å². The van der Waals surface area contributed by atoms with Crippen molar-refractivity contribution in [1.82, 2.24) is 14.8 Å². The van der Waals surface area contributed by atoms with E-state index in [1.165, 1.54) is 12.1 Å². The topological polar surface area (TPSA) is 56.8 Å². The molecule has 2 aliphatic heterocycles. The fraction of sp³-hybridized carbons (Fsp3) is 0.409. The van der Waals surface area contributed by atoms with Gasteiger partial charge in [-0.15, -0.1) is 0 Å². The van der Waals surface area contributed by atoms with Crippen molar-refractivity contribution in [3.05, 3.63) is 59.5 Å². The summed E-state index contributed by atoms with van der Waals surface area (Å²) in [7, 11) is 3.45. The zero-order valence-electron chi connectivity index (χ0n) is 16.9. The summed E-state index contributed by atoms with van der Waals surface area (Å²) in [6.07, 6.45) is 1.70. The third kappa shape index (κ3) is 3.45. The molecule has 7 heteroatoms. The average molecular weight is 396 g/mol. The Morgan fingerprint density at radius 2 is 1.93 bits per heavy atom. The van der Waals surface area contributed by atoms with Crippen molar-refractivity contribution >= 4 is 17.6 Å². The van der Waals surface area contributed by atoms with Gasteiger partial charge in [0.15, 0.2) is 0 Å². The SMILES string of the molecule is CC(=O)N1C[C@H]2CN(c3ncccc3C(=O)N(C)C)C[C@H]2[C@@H]1c1cccc(F)c1. The lowest BCUT2D eigenvalue weighted by atomic mass is 9.89. The molecule has 0 unspecified atom stereocenters. The summed E-state index contributed by atoms with van der Waals surface area (Å²) in [6, 6.07) is 9.91. The normalized spacial score (nSPS) is 23.2. The first-order chi connectivity index (χ1) is 13.9. The Hall–Kier alpha value is -2.96. The summed E-state index contributed by atoms with van der Waals surface area (Å²) in [5.41, 5.74) is 1.39. The van der Waals surface area contributed by atoms with E-state index in [9.17, 15) is 14.0 Å². The lowest BCUT2D eigenvalue weighted by Gasteiger charge is -2.30. The summed E-state index contributed by atoms with van der Waals surface area (Å²) in [5.74, 6) is 0.695. The van der Waals surface area contributed by atoms with Gasteiger partial charge in [0.2, 0.25) is 5.91 Å². The fourth-order valence-electron chi connectivity index (χ4n) is 4.72. The number of benzene rings is 1. The monoisotopic (exact) mass is 396 g/mol. The zero-order chi connectivity index (χ0) is 20.7. The van der Waals surface area contributed by atoms with Crippen LogP contribution in [0.3, 0.4) is 0 Å². The van der Waals surface area contributed by atoms with Gasteiger partial charge in [-0.05, 0) is 29.8 Å². The van der Waals surface area contributed by atoms with E-state index in [-0.39, 0.29) is 35.5 Å². The van der Waals surface area contributed by atoms with Crippen LogP contribution in [-0.2, 0) is 4.79 Å². The van der Waals surface area contributed by atoms with E-state index in [4.69, 9.17) is 0 Å². The molecule has 1 aromatic carbocycles. The average Bonchev–Trinajstić information content (AvgIpc) is 3.25. The predicted octanol–water partition coefficient (Wildman–Crippen LogP) is 2.58. The molecule has 2 saturated heterocycles. The van der Waals surface area contributed by atoms with Crippen LogP contribution in [0.25, 0.3) is 0 Å². The third-order valence-corrected chi connectivity index (χ3v) is 5.98. The number of carbonyl (C=O) groups is 2. The molecule has 4 rings (SSSR count). The molecular weight excluding hydrogens is 371 g/mol. The van der Waals surface area contributed by atoms with Gasteiger partial charge in [-0.2, -0.15) is 0 Å². The van der Waals surface area contributed by atoms with Crippen molar-refractivity contribution in [2.45, 2.75) is 13.0 Å². The molecule has 152 valence electrons. The number of nitrogens with zero attached hydrogens (tertiary/aromatic N) is 4. The maximum absolute atomic E-state index is 13.9. The van der Waals surface area contributed by atoms with Crippen molar-refractivity contribution in [1.29, 1.82) is 0 Å². The first-order valence-corrected chi connectivity index (χ1v) is 9.81. The molecule has 6 nitrogen and oxygen atoms in total. The molecule has 2 aliphatic rings. The maximum Gasteiger partial charge on any atom is 0.257 e. The Morgan fingerprint density at radius 3 is 2.62 bits per heavy atom. The summed E-state index contributed by atoms with van der Waals surface area (Å²) >= 11 is 0. The highest BCUT2D eigenvalue weighted by molar-refractivity contribution is 5.98. The van der Waals surface area contributed by atoms with Gasteiger partial charge < -0.3 is 14.7 Å². The molecule has 0 bridgehead atoms. The summed E-state index contributed by atoms with van der Waals surface area (Å²) in [5, 5.41) is 0. The molecule has 0 radical (unpaired) electrons. The number of aromatic nitrogens is 1. The Labute approximate surface area is 169 Å². The van der Waals surface area contributed by atoms with E-state index in [1.54, 1.807) is 50.3 Å². The molecule has 1 aromatic heterocycles. The number of hydrogen-bond acceptors (Lipinski definition) is 4. The minimum Gasteiger partial charge on any atom is -0.355 e. The lowest BCUT2D eigenvalue weighted by molar-refractivity contribution is -0.130. The fourth-order valence-corrected chi connectivity index (χ4v) is 4.72. The molecule has 0 spiro atoms. The van der Waals surface area contributed by atoms with Gasteiger partial charge >= 0.3 is 0 Å². The van der Waals surface area contributed by atoms with Crippen LogP contribution in [0.1, 0.15) is 28.9 Å². The van der Waals surface area contributed by atoms with Crippen molar-refractivity contribution in [3.63, 3.8) is 0 Å². The van der Waals surface area contributed by atoms with E-state index < -0.39 is 0 Å². The number of halogens is 1. The number of hydrogen-bond donors (Lipinski definition) is 0. The van der Waals surface area contributed by atoms with E-state index in [2.05, 4.69) is 9.88 Å². The van der Waals surface area contributed by atoms with Gasteiger partial charge in [-0.3, -0.25) is 9.59 Å². The zero-order valence-corrected chi connectivity index (χ0v) is 16.9. The number of rotatable bonds is 3. The van der Waals surface area contributed by atoms with Crippen LogP contribution in [0.2, 0.25) is 0 Å². The van der Waals surface area contributed by atoms with E-state index >= 15 is 0 Å². The Morgan fingerprint density at radius 1 is 1.14 bits per heavy atom. The number of carbonyl (C=O) groups excluding carboxylic acids is 2. The van der Waals surface area contributed by atoms with Gasteiger partial charge in [-0.1, -0.05) is 12.1 Å².